The number of anilines is 1. The van der Waals surface area contributed by atoms with Crippen LogP contribution in [0.5, 0.6) is 0 Å². The second-order valence-corrected chi connectivity index (χ2v) is 5.07. The van der Waals surface area contributed by atoms with Crippen LogP contribution >= 0.6 is 0 Å². The Morgan fingerprint density at radius 2 is 2.18 bits per heavy atom. The van der Waals surface area contributed by atoms with Gasteiger partial charge in [0.1, 0.15) is 0 Å². The number of fused-ring (bicyclic) bond motifs is 1. The van der Waals surface area contributed by atoms with Crippen LogP contribution in [-0.4, -0.2) is 24.3 Å². The van der Waals surface area contributed by atoms with Gasteiger partial charge in [0.05, 0.1) is 12.6 Å². The number of benzene rings is 1. The summed E-state index contributed by atoms with van der Waals surface area (Å²) in [5.74, 6) is 0. The summed E-state index contributed by atoms with van der Waals surface area (Å²) in [5.41, 5.74) is 9.60. The summed E-state index contributed by atoms with van der Waals surface area (Å²) in [4.78, 5) is 2.44. The van der Waals surface area contributed by atoms with E-state index in [1.165, 1.54) is 17.7 Å². The molecule has 17 heavy (non-hydrogen) atoms. The summed E-state index contributed by atoms with van der Waals surface area (Å²) in [5, 5.41) is 9.10. The van der Waals surface area contributed by atoms with Crippen molar-refractivity contribution in [2.24, 2.45) is 5.73 Å². The molecular formula is C14H22N2O. The topological polar surface area (TPSA) is 49.5 Å². The smallest absolute Gasteiger partial charge is 0.0624 e. The van der Waals surface area contributed by atoms with Crippen LogP contribution in [0.4, 0.5) is 5.69 Å². The molecule has 0 spiro atoms. The van der Waals surface area contributed by atoms with E-state index < -0.39 is 0 Å². The molecule has 1 aliphatic rings. The maximum absolute atomic E-state index is 9.10. The van der Waals surface area contributed by atoms with E-state index in [9.17, 15) is 0 Å². The van der Waals surface area contributed by atoms with Crippen molar-refractivity contribution in [3.05, 3.63) is 29.3 Å². The third-order valence-corrected chi connectivity index (χ3v) is 3.51. The summed E-state index contributed by atoms with van der Waals surface area (Å²) in [6, 6.07) is 6.63. The van der Waals surface area contributed by atoms with Crippen molar-refractivity contribution in [2.75, 3.05) is 18.1 Å². The SMILES string of the molecule is CC(C)N1CCCc2cc([C@H](N)CO)ccc21. The standard InChI is InChI=1S/C14H22N2O/c1-10(2)16-7-3-4-12-8-11(13(15)9-17)5-6-14(12)16/h5-6,8,10,13,17H,3-4,7,9,15H2,1-2H3/t13-/m1/s1. The van der Waals surface area contributed by atoms with Crippen molar-refractivity contribution in [1.29, 1.82) is 0 Å². The van der Waals surface area contributed by atoms with E-state index >= 15 is 0 Å². The van der Waals surface area contributed by atoms with Gasteiger partial charge in [0.2, 0.25) is 0 Å². The molecule has 2 rings (SSSR count). The van der Waals surface area contributed by atoms with Crippen molar-refractivity contribution >= 4 is 5.69 Å². The van der Waals surface area contributed by atoms with Gasteiger partial charge >= 0.3 is 0 Å². The fourth-order valence-electron chi connectivity index (χ4n) is 2.52. The molecule has 1 heterocycles. The van der Waals surface area contributed by atoms with Crippen molar-refractivity contribution in [3.8, 4) is 0 Å². The first-order valence-electron chi connectivity index (χ1n) is 6.39. The van der Waals surface area contributed by atoms with Crippen LogP contribution in [-0.2, 0) is 6.42 Å². The maximum Gasteiger partial charge on any atom is 0.0624 e. The molecule has 1 atom stereocenters. The second kappa shape index (κ2) is 5.07. The monoisotopic (exact) mass is 234 g/mol. The zero-order valence-corrected chi connectivity index (χ0v) is 10.7. The minimum atomic E-state index is -0.255. The lowest BCUT2D eigenvalue weighted by Gasteiger charge is -2.35. The lowest BCUT2D eigenvalue weighted by atomic mass is 9.96. The minimum Gasteiger partial charge on any atom is -0.394 e. The molecule has 3 nitrogen and oxygen atoms in total. The first-order chi connectivity index (χ1) is 8.13. The Labute approximate surface area is 103 Å². The molecule has 0 bridgehead atoms. The summed E-state index contributed by atoms with van der Waals surface area (Å²) < 4.78 is 0. The fourth-order valence-corrected chi connectivity index (χ4v) is 2.52. The van der Waals surface area contributed by atoms with Gasteiger partial charge in [-0.2, -0.15) is 0 Å². The average molecular weight is 234 g/mol. The van der Waals surface area contributed by atoms with Gasteiger partial charge in [-0.3, -0.25) is 0 Å². The van der Waals surface area contributed by atoms with Gasteiger partial charge in [0.25, 0.3) is 0 Å². The molecule has 1 aliphatic heterocycles. The van der Waals surface area contributed by atoms with E-state index in [0.29, 0.717) is 6.04 Å². The maximum atomic E-state index is 9.10. The molecule has 0 unspecified atom stereocenters. The molecule has 0 radical (unpaired) electrons. The Morgan fingerprint density at radius 1 is 1.41 bits per heavy atom. The molecule has 0 amide bonds. The van der Waals surface area contributed by atoms with Gasteiger partial charge in [-0.25, -0.2) is 0 Å². The molecule has 3 heteroatoms. The van der Waals surface area contributed by atoms with Crippen molar-refractivity contribution < 1.29 is 5.11 Å². The highest BCUT2D eigenvalue weighted by Gasteiger charge is 2.19. The highest BCUT2D eigenvalue weighted by atomic mass is 16.3. The molecular weight excluding hydrogens is 212 g/mol. The Bertz CT molecular complexity index is 390. The van der Waals surface area contributed by atoms with Gasteiger partial charge in [-0.15, -0.1) is 0 Å². The molecule has 94 valence electrons. The first-order valence-corrected chi connectivity index (χ1v) is 6.39. The summed E-state index contributed by atoms with van der Waals surface area (Å²) in [7, 11) is 0. The van der Waals surface area contributed by atoms with E-state index in [1.54, 1.807) is 0 Å². The molecule has 0 saturated carbocycles. The minimum absolute atomic E-state index is 0.00663. The van der Waals surface area contributed by atoms with Gasteiger partial charge in [0, 0.05) is 18.3 Å². The largest absolute Gasteiger partial charge is 0.394 e. The predicted molar refractivity (Wildman–Crippen MR) is 71.3 cm³/mol. The van der Waals surface area contributed by atoms with E-state index in [4.69, 9.17) is 10.8 Å². The number of rotatable bonds is 3. The van der Waals surface area contributed by atoms with E-state index in [-0.39, 0.29) is 12.6 Å². The molecule has 0 fully saturated rings. The average Bonchev–Trinajstić information content (AvgIpc) is 2.36. The lowest BCUT2D eigenvalue weighted by Crippen LogP contribution is -2.35. The fraction of sp³-hybridized carbons (Fsp3) is 0.571. The lowest BCUT2D eigenvalue weighted by molar-refractivity contribution is 0.268. The molecule has 0 saturated heterocycles. The van der Waals surface area contributed by atoms with Crippen molar-refractivity contribution in [2.45, 2.75) is 38.8 Å². The highest BCUT2D eigenvalue weighted by molar-refractivity contribution is 5.57. The third kappa shape index (κ3) is 2.45. The van der Waals surface area contributed by atoms with Crippen LogP contribution in [0.1, 0.15) is 37.4 Å². The number of nitrogens with zero attached hydrogens (tertiary/aromatic N) is 1. The van der Waals surface area contributed by atoms with Crippen molar-refractivity contribution in [3.63, 3.8) is 0 Å². The van der Waals surface area contributed by atoms with Crippen LogP contribution in [0.15, 0.2) is 18.2 Å². The number of nitrogens with two attached hydrogens (primary N) is 1. The molecule has 1 aromatic rings. The second-order valence-electron chi connectivity index (χ2n) is 5.07. The third-order valence-electron chi connectivity index (χ3n) is 3.51. The van der Waals surface area contributed by atoms with Crippen LogP contribution in [0, 0.1) is 0 Å². The molecule has 1 aromatic carbocycles. The summed E-state index contributed by atoms with van der Waals surface area (Å²) in [6.07, 6.45) is 2.31. The van der Waals surface area contributed by atoms with Gasteiger partial charge in [-0.1, -0.05) is 12.1 Å². The first kappa shape index (κ1) is 12.4. The number of hydrogen-bond donors (Lipinski definition) is 2. The normalized spacial score (nSPS) is 17.1. The Hall–Kier alpha value is -1.06. The Morgan fingerprint density at radius 3 is 2.82 bits per heavy atom. The van der Waals surface area contributed by atoms with Gasteiger partial charge in [0.15, 0.2) is 0 Å². The van der Waals surface area contributed by atoms with E-state index in [1.807, 2.05) is 6.07 Å². The highest BCUT2D eigenvalue weighted by Crippen LogP contribution is 2.30. The molecule has 3 N–H and O–H groups in total. The Kier molecular flexibility index (Phi) is 3.69. The molecule has 0 aliphatic carbocycles. The van der Waals surface area contributed by atoms with Crippen LogP contribution in [0.2, 0.25) is 0 Å². The van der Waals surface area contributed by atoms with E-state index in [0.717, 1.165) is 18.5 Å². The number of aliphatic hydroxyl groups excluding tert-OH is 1. The van der Waals surface area contributed by atoms with Crippen LogP contribution < -0.4 is 10.6 Å². The number of hydrogen-bond acceptors (Lipinski definition) is 3. The van der Waals surface area contributed by atoms with E-state index in [2.05, 4.69) is 30.9 Å². The zero-order valence-electron chi connectivity index (χ0n) is 10.7. The number of aliphatic hydroxyl groups is 1. The van der Waals surface area contributed by atoms with Crippen molar-refractivity contribution in [1.82, 2.24) is 0 Å². The van der Waals surface area contributed by atoms with Crippen LogP contribution in [0.25, 0.3) is 0 Å². The Balaban J connectivity index is 2.33. The quantitative estimate of drug-likeness (QED) is 0.839. The van der Waals surface area contributed by atoms with Gasteiger partial charge in [-0.05, 0) is 43.9 Å². The predicted octanol–water partition coefficient (Wildman–Crippen LogP) is 1.84. The molecule has 0 aromatic heterocycles. The van der Waals surface area contributed by atoms with Gasteiger partial charge < -0.3 is 15.7 Å². The zero-order chi connectivity index (χ0) is 12.4. The number of aryl methyl sites for hydroxylation is 1. The summed E-state index contributed by atoms with van der Waals surface area (Å²) >= 11 is 0. The summed E-state index contributed by atoms with van der Waals surface area (Å²) in [6.45, 7) is 5.59. The van der Waals surface area contributed by atoms with Crippen LogP contribution in [0.3, 0.4) is 0 Å².